The van der Waals surface area contributed by atoms with Crippen molar-refractivity contribution in [1.82, 2.24) is 4.90 Å². The Bertz CT molecular complexity index is 593. The van der Waals surface area contributed by atoms with Crippen LogP contribution in [0.5, 0.6) is 0 Å². The second-order valence-corrected chi connectivity index (χ2v) is 8.22. The number of ether oxygens (including phenoxy) is 2. The van der Waals surface area contributed by atoms with Crippen LogP contribution in [0.2, 0.25) is 0 Å². The average Bonchev–Trinajstić information content (AvgIpc) is 3.13. The van der Waals surface area contributed by atoms with Gasteiger partial charge in [0.25, 0.3) is 0 Å². The predicted molar refractivity (Wildman–Crippen MR) is 106 cm³/mol. The van der Waals surface area contributed by atoms with E-state index in [1.54, 1.807) is 0 Å². The van der Waals surface area contributed by atoms with Gasteiger partial charge in [0.2, 0.25) is 0 Å². The number of anilines is 2. The molecule has 144 valence electrons. The smallest absolute Gasteiger partial charge is 0.114 e. The third-order valence-electron chi connectivity index (χ3n) is 6.27. The average molecular weight is 360 g/mol. The summed E-state index contributed by atoms with van der Waals surface area (Å²) < 4.78 is 11.9. The van der Waals surface area contributed by atoms with Gasteiger partial charge in [0, 0.05) is 63.2 Å². The molecule has 3 aliphatic heterocycles. The van der Waals surface area contributed by atoms with Crippen LogP contribution in [0.25, 0.3) is 0 Å². The minimum Gasteiger partial charge on any atom is -0.379 e. The third kappa shape index (κ3) is 3.71. The molecule has 0 amide bonds. The minimum atomic E-state index is -0.128. The highest BCUT2D eigenvalue weighted by Crippen LogP contribution is 2.35. The van der Waals surface area contributed by atoms with Crippen LogP contribution in [0, 0.1) is 0 Å². The third-order valence-corrected chi connectivity index (χ3v) is 6.27. The van der Waals surface area contributed by atoms with Gasteiger partial charge in [0.15, 0.2) is 0 Å². The predicted octanol–water partition coefficient (Wildman–Crippen LogP) is 2.97. The summed E-state index contributed by atoms with van der Waals surface area (Å²) in [7, 11) is 0. The lowest BCUT2D eigenvalue weighted by molar-refractivity contribution is -0.0873. The van der Waals surface area contributed by atoms with Gasteiger partial charge in [0.1, 0.15) is 5.60 Å². The molecule has 1 aromatic rings. The maximum atomic E-state index is 6.19. The fraction of sp³-hybridized carbons (Fsp3) is 0.714. The number of nitrogens with one attached hydrogen (secondary N) is 1. The van der Waals surface area contributed by atoms with Crippen molar-refractivity contribution < 1.29 is 9.47 Å². The lowest BCUT2D eigenvalue weighted by Gasteiger charge is -2.41. The van der Waals surface area contributed by atoms with E-state index in [9.17, 15) is 0 Å². The molecule has 3 saturated heterocycles. The summed E-state index contributed by atoms with van der Waals surface area (Å²) >= 11 is 0. The van der Waals surface area contributed by atoms with Crippen LogP contribution in [0.4, 0.5) is 11.4 Å². The van der Waals surface area contributed by atoms with E-state index in [1.165, 1.54) is 11.4 Å². The topological polar surface area (TPSA) is 37.0 Å². The molecule has 2 atom stereocenters. The van der Waals surface area contributed by atoms with Gasteiger partial charge in [-0.25, -0.2) is 0 Å². The highest BCUT2D eigenvalue weighted by Gasteiger charge is 2.45. The van der Waals surface area contributed by atoms with Crippen LogP contribution in [0.15, 0.2) is 24.3 Å². The molecule has 1 spiro atoms. The van der Waals surface area contributed by atoms with Gasteiger partial charge in [-0.2, -0.15) is 0 Å². The molecular formula is C21H33N3O2. The Balaban J connectivity index is 1.43. The zero-order chi connectivity index (χ0) is 18.0. The van der Waals surface area contributed by atoms with Gasteiger partial charge in [-0.1, -0.05) is 6.07 Å². The summed E-state index contributed by atoms with van der Waals surface area (Å²) in [4.78, 5) is 5.07. The van der Waals surface area contributed by atoms with E-state index < -0.39 is 0 Å². The van der Waals surface area contributed by atoms with Gasteiger partial charge >= 0.3 is 0 Å². The number of benzene rings is 1. The van der Waals surface area contributed by atoms with E-state index in [1.807, 2.05) is 0 Å². The summed E-state index contributed by atoms with van der Waals surface area (Å²) in [6, 6.07) is 9.89. The van der Waals surface area contributed by atoms with Gasteiger partial charge in [-0.05, 0) is 44.9 Å². The van der Waals surface area contributed by atoms with E-state index in [2.05, 4.69) is 53.2 Å². The highest BCUT2D eigenvalue weighted by atomic mass is 16.6. The van der Waals surface area contributed by atoms with Crippen molar-refractivity contribution in [3.63, 3.8) is 0 Å². The first-order chi connectivity index (χ1) is 12.7. The summed E-state index contributed by atoms with van der Waals surface area (Å²) in [5, 5.41) is 3.78. The lowest BCUT2D eigenvalue weighted by Crippen LogP contribution is -2.52. The highest BCUT2D eigenvalue weighted by molar-refractivity contribution is 5.59. The molecule has 0 bridgehead atoms. The second-order valence-electron chi connectivity index (χ2n) is 8.22. The van der Waals surface area contributed by atoms with E-state index in [0.717, 1.165) is 65.3 Å². The van der Waals surface area contributed by atoms with Gasteiger partial charge in [-0.3, -0.25) is 4.90 Å². The van der Waals surface area contributed by atoms with E-state index in [4.69, 9.17) is 9.47 Å². The van der Waals surface area contributed by atoms with Gasteiger partial charge < -0.3 is 19.7 Å². The molecule has 3 aliphatic rings. The van der Waals surface area contributed by atoms with E-state index >= 15 is 0 Å². The van der Waals surface area contributed by atoms with Crippen LogP contribution < -0.4 is 10.2 Å². The molecule has 3 fully saturated rings. The first kappa shape index (κ1) is 18.1. The molecule has 0 aliphatic carbocycles. The quantitative estimate of drug-likeness (QED) is 0.894. The summed E-state index contributed by atoms with van der Waals surface area (Å²) in [6.07, 6.45) is 3.28. The molecule has 1 aromatic carbocycles. The fourth-order valence-electron chi connectivity index (χ4n) is 4.57. The van der Waals surface area contributed by atoms with Gasteiger partial charge in [0.05, 0.1) is 12.6 Å². The fourth-order valence-corrected chi connectivity index (χ4v) is 4.57. The lowest BCUT2D eigenvalue weighted by atomic mass is 9.87. The molecule has 5 nitrogen and oxygen atoms in total. The van der Waals surface area contributed by atoms with Crippen LogP contribution in [0.3, 0.4) is 0 Å². The molecule has 5 heteroatoms. The van der Waals surface area contributed by atoms with Crippen LogP contribution in [0.1, 0.15) is 33.1 Å². The maximum Gasteiger partial charge on any atom is 0.114 e. The van der Waals surface area contributed by atoms with Crippen molar-refractivity contribution in [1.29, 1.82) is 0 Å². The maximum absolute atomic E-state index is 6.19. The zero-order valence-electron chi connectivity index (χ0n) is 16.2. The van der Waals surface area contributed by atoms with Crippen LogP contribution >= 0.6 is 0 Å². The van der Waals surface area contributed by atoms with Crippen molar-refractivity contribution in [2.45, 2.75) is 50.8 Å². The standard InChI is InChI=1S/C21H33N3O2/c1-17(2)23-9-11-24(12-10-23)19-6-3-5-18(15-19)22-20-7-4-13-26-21(20)8-14-25-16-21/h3,5-6,15,17,20,22H,4,7-14,16H2,1-2H3. The summed E-state index contributed by atoms with van der Waals surface area (Å²) in [5.74, 6) is 0. The Kier molecular flexibility index (Phi) is 5.39. The molecule has 0 saturated carbocycles. The van der Waals surface area contributed by atoms with Crippen molar-refractivity contribution in [3.8, 4) is 0 Å². The van der Waals surface area contributed by atoms with Crippen molar-refractivity contribution in [2.24, 2.45) is 0 Å². The Hall–Kier alpha value is -1.30. The number of piperazine rings is 1. The zero-order valence-corrected chi connectivity index (χ0v) is 16.2. The van der Waals surface area contributed by atoms with Gasteiger partial charge in [-0.15, -0.1) is 0 Å². The van der Waals surface area contributed by atoms with E-state index in [-0.39, 0.29) is 5.60 Å². The van der Waals surface area contributed by atoms with Crippen molar-refractivity contribution >= 4 is 11.4 Å². The number of nitrogens with zero attached hydrogens (tertiary/aromatic N) is 2. The summed E-state index contributed by atoms with van der Waals surface area (Å²) in [5.41, 5.74) is 2.40. The molecule has 0 aromatic heterocycles. The van der Waals surface area contributed by atoms with Crippen molar-refractivity contribution in [3.05, 3.63) is 24.3 Å². The number of rotatable bonds is 4. The minimum absolute atomic E-state index is 0.128. The summed E-state index contributed by atoms with van der Waals surface area (Å²) in [6.45, 7) is 11.5. The van der Waals surface area contributed by atoms with Crippen LogP contribution in [-0.4, -0.2) is 68.6 Å². The molecular weight excluding hydrogens is 326 g/mol. The normalized spacial score (nSPS) is 30.3. The molecule has 3 heterocycles. The Morgan fingerprint density at radius 2 is 2.00 bits per heavy atom. The molecule has 1 N–H and O–H groups in total. The van der Waals surface area contributed by atoms with Crippen molar-refractivity contribution in [2.75, 3.05) is 56.2 Å². The molecule has 4 rings (SSSR count). The molecule has 2 unspecified atom stereocenters. The molecule has 26 heavy (non-hydrogen) atoms. The Morgan fingerprint density at radius 3 is 2.73 bits per heavy atom. The van der Waals surface area contributed by atoms with Crippen LogP contribution in [-0.2, 0) is 9.47 Å². The largest absolute Gasteiger partial charge is 0.379 e. The Labute approximate surface area is 157 Å². The number of hydrogen-bond acceptors (Lipinski definition) is 5. The molecule has 0 radical (unpaired) electrons. The first-order valence-corrected chi connectivity index (χ1v) is 10.2. The SMILES string of the molecule is CC(C)N1CCN(c2cccc(NC3CCCOC34CCOC4)c2)CC1. The second kappa shape index (κ2) is 7.75. The monoisotopic (exact) mass is 359 g/mol. The first-order valence-electron chi connectivity index (χ1n) is 10.2. The van der Waals surface area contributed by atoms with E-state index in [0.29, 0.717) is 12.1 Å². The number of hydrogen-bond donors (Lipinski definition) is 1. The Morgan fingerprint density at radius 1 is 1.15 bits per heavy atom.